The van der Waals surface area contributed by atoms with Crippen molar-refractivity contribution in [3.63, 3.8) is 0 Å². The molecule has 0 saturated heterocycles. The molecular weight excluding hydrogens is 330 g/mol. The fraction of sp³-hybridized carbons (Fsp3) is 0. The minimum absolute atomic E-state index is 0.0353. The molecule has 2 aromatic rings. The topological polar surface area (TPSA) is 98.0 Å². The predicted octanol–water partition coefficient (Wildman–Crippen LogP) is 2.31. The van der Waals surface area contributed by atoms with E-state index in [1.165, 1.54) is 0 Å². The second kappa shape index (κ2) is 5.39. The smallest absolute Gasteiger partial charge is 0.262 e. The van der Waals surface area contributed by atoms with Crippen LogP contribution in [0.25, 0.3) is 0 Å². The van der Waals surface area contributed by atoms with Crippen LogP contribution in [0.1, 0.15) is 0 Å². The van der Waals surface area contributed by atoms with Crippen molar-refractivity contribution in [2.45, 2.75) is 4.90 Å². The van der Waals surface area contributed by atoms with Crippen molar-refractivity contribution in [1.82, 2.24) is 9.97 Å². The van der Waals surface area contributed by atoms with Gasteiger partial charge in [-0.05, 0) is 18.2 Å². The van der Waals surface area contributed by atoms with Crippen LogP contribution in [0.4, 0.5) is 15.8 Å². The zero-order valence-electron chi connectivity index (χ0n) is 9.64. The summed E-state index contributed by atoms with van der Waals surface area (Å²) >= 11 is 11.4. The quantitative estimate of drug-likeness (QED) is 0.662. The van der Waals surface area contributed by atoms with Crippen LogP contribution in [0.15, 0.2) is 29.4 Å². The van der Waals surface area contributed by atoms with Gasteiger partial charge in [0, 0.05) is 5.69 Å². The largest absolute Gasteiger partial charge is 0.399 e. The molecule has 0 radical (unpaired) electrons. The van der Waals surface area contributed by atoms with Gasteiger partial charge >= 0.3 is 0 Å². The third-order valence-electron chi connectivity index (χ3n) is 2.20. The van der Waals surface area contributed by atoms with Crippen LogP contribution >= 0.6 is 23.2 Å². The number of nitrogens with one attached hydrogen (secondary N) is 1. The molecule has 1 aromatic heterocycles. The van der Waals surface area contributed by atoms with Gasteiger partial charge in [-0.25, -0.2) is 22.8 Å². The third-order valence-corrected chi connectivity index (χ3v) is 4.10. The monoisotopic (exact) mass is 336 g/mol. The predicted molar refractivity (Wildman–Crippen MR) is 73.7 cm³/mol. The highest BCUT2D eigenvalue weighted by molar-refractivity contribution is 7.92. The lowest BCUT2D eigenvalue weighted by Crippen LogP contribution is -2.15. The molecule has 1 aromatic carbocycles. The first-order chi connectivity index (χ1) is 9.29. The summed E-state index contributed by atoms with van der Waals surface area (Å²) in [4.78, 5) is 6.82. The van der Waals surface area contributed by atoms with E-state index < -0.39 is 15.8 Å². The number of hydrogen-bond acceptors (Lipinski definition) is 5. The third kappa shape index (κ3) is 3.09. The summed E-state index contributed by atoms with van der Waals surface area (Å²) in [7, 11) is -4.12. The summed E-state index contributed by atoms with van der Waals surface area (Å²) in [5, 5.41) is -0.365. The number of nitrogens with zero attached hydrogens (tertiary/aromatic N) is 2. The highest BCUT2D eigenvalue weighted by Crippen LogP contribution is 2.28. The summed E-state index contributed by atoms with van der Waals surface area (Å²) in [5.74, 6) is -0.785. The molecule has 0 unspecified atom stereocenters. The second-order valence-corrected chi connectivity index (χ2v) is 6.05. The fourth-order valence-corrected chi connectivity index (χ4v) is 3.02. The lowest BCUT2D eigenvalue weighted by molar-refractivity contribution is 0.595. The van der Waals surface area contributed by atoms with E-state index >= 15 is 0 Å². The number of halogens is 3. The van der Waals surface area contributed by atoms with Gasteiger partial charge in [-0.2, -0.15) is 0 Å². The minimum atomic E-state index is -4.12. The number of aromatic nitrogens is 2. The fourth-order valence-electron chi connectivity index (χ4n) is 1.36. The molecule has 0 aliphatic rings. The van der Waals surface area contributed by atoms with Crippen LogP contribution in [-0.4, -0.2) is 18.4 Å². The van der Waals surface area contributed by atoms with E-state index in [1.54, 1.807) is 0 Å². The number of nitrogens with two attached hydrogens (primary N) is 1. The van der Waals surface area contributed by atoms with Gasteiger partial charge in [0.1, 0.15) is 17.8 Å². The Morgan fingerprint density at radius 2 is 1.75 bits per heavy atom. The van der Waals surface area contributed by atoms with Crippen LogP contribution < -0.4 is 10.5 Å². The first-order valence-corrected chi connectivity index (χ1v) is 7.28. The molecular formula is C10H7Cl2FN4O2S. The highest BCUT2D eigenvalue weighted by Gasteiger charge is 2.20. The Morgan fingerprint density at radius 1 is 1.15 bits per heavy atom. The molecule has 0 bridgehead atoms. The lowest BCUT2D eigenvalue weighted by atomic mass is 10.3. The van der Waals surface area contributed by atoms with E-state index in [9.17, 15) is 12.8 Å². The molecule has 0 atom stereocenters. The first kappa shape index (κ1) is 14.8. The molecule has 1 heterocycles. The van der Waals surface area contributed by atoms with Gasteiger partial charge in [0.15, 0.2) is 10.3 Å². The molecule has 0 fully saturated rings. The van der Waals surface area contributed by atoms with Crippen molar-refractivity contribution in [2.24, 2.45) is 0 Å². The average molecular weight is 337 g/mol. The summed E-state index contributed by atoms with van der Waals surface area (Å²) in [6.07, 6.45) is 1.07. The molecule has 6 nitrogen and oxygen atoms in total. The normalized spacial score (nSPS) is 11.3. The number of rotatable bonds is 3. The van der Waals surface area contributed by atoms with Crippen LogP contribution in [0.3, 0.4) is 0 Å². The van der Waals surface area contributed by atoms with Gasteiger partial charge in [0.2, 0.25) is 0 Å². The number of hydrogen-bond donors (Lipinski definition) is 2. The van der Waals surface area contributed by atoms with Gasteiger partial charge in [0.05, 0.1) is 4.90 Å². The summed E-state index contributed by atoms with van der Waals surface area (Å²) in [6.45, 7) is 0. The van der Waals surface area contributed by atoms with Crippen molar-refractivity contribution in [2.75, 3.05) is 10.5 Å². The Hall–Kier alpha value is -1.64. The SMILES string of the molecule is Nc1cc(F)cc(S(=O)(=O)Nc2c(Cl)ncnc2Cl)c1. The summed E-state index contributed by atoms with van der Waals surface area (Å²) in [6, 6.07) is 2.89. The Bertz CT molecular complexity index is 729. The second-order valence-electron chi connectivity index (χ2n) is 3.66. The van der Waals surface area contributed by atoms with E-state index in [0.29, 0.717) is 0 Å². The van der Waals surface area contributed by atoms with Crippen molar-refractivity contribution >= 4 is 44.6 Å². The van der Waals surface area contributed by atoms with E-state index in [-0.39, 0.29) is 26.6 Å². The van der Waals surface area contributed by atoms with E-state index in [1.807, 2.05) is 0 Å². The van der Waals surface area contributed by atoms with Gasteiger partial charge in [0.25, 0.3) is 10.0 Å². The number of nitrogen functional groups attached to an aromatic ring is 1. The van der Waals surface area contributed by atoms with Gasteiger partial charge < -0.3 is 5.73 Å². The molecule has 2 rings (SSSR count). The Kier molecular flexibility index (Phi) is 3.98. The molecule has 0 aliphatic carbocycles. The van der Waals surface area contributed by atoms with Crippen LogP contribution in [0, 0.1) is 5.82 Å². The zero-order chi connectivity index (χ0) is 14.9. The van der Waals surface area contributed by atoms with Gasteiger partial charge in [-0.1, -0.05) is 23.2 Å². The molecule has 106 valence electrons. The van der Waals surface area contributed by atoms with Crippen molar-refractivity contribution in [3.8, 4) is 0 Å². The maximum Gasteiger partial charge on any atom is 0.262 e. The maximum atomic E-state index is 13.2. The molecule has 0 amide bonds. The molecule has 20 heavy (non-hydrogen) atoms. The lowest BCUT2D eigenvalue weighted by Gasteiger charge is -2.10. The minimum Gasteiger partial charge on any atom is -0.399 e. The number of benzene rings is 1. The molecule has 10 heteroatoms. The van der Waals surface area contributed by atoms with E-state index in [4.69, 9.17) is 28.9 Å². The van der Waals surface area contributed by atoms with E-state index in [0.717, 1.165) is 24.5 Å². The number of sulfonamides is 1. The Labute approximate surface area is 123 Å². The van der Waals surface area contributed by atoms with E-state index in [2.05, 4.69) is 14.7 Å². The average Bonchev–Trinajstić information content (AvgIpc) is 2.33. The Morgan fingerprint density at radius 3 is 2.30 bits per heavy atom. The molecule has 0 saturated carbocycles. The van der Waals surface area contributed by atoms with Crippen molar-refractivity contribution in [1.29, 1.82) is 0 Å². The van der Waals surface area contributed by atoms with Crippen LogP contribution in [-0.2, 0) is 10.0 Å². The Balaban J connectivity index is 2.46. The van der Waals surface area contributed by atoms with Gasteiger partial charge in [-0.15, -0.1) is 0 Å². The van der Waals surface area contributed by atoms with Gasteiger partial charge in [-0.3, -0.25) is 4.72 Å². The first-order valence-electron chi connectivity index (χ1n) is 5.04. The number of anilines is 2. The van der Waals surface area contributed by atoms with Crippen LogP contribution in [0.5, 0.6) is 0 Å². The van der Waals surface area contributed by atoms with Crippen molar-refractivity contribution in [3.05, 3.63) is 40.6 Å². The molecule has 0 aliphatic heterocycles. The standard InChI is InChI=1S/C10H7Cl2FN4O2S/c11-9-8(10(12)16-4-15-9)17-20(18,19)7-2-5(13)1-6(14)3-7/h1-4,17H,14H2. The van der Waals surface area contributed by atoms with Crippen molar-refractivity contribution < 1.29 is 12.8 Å². The highest BCUT2D eigenvalue weighted by atomic mass is 35.5. The maximum absolute atomic E-state index is 13.2. The molecule has 3 N–H and O–H groups in total. The summed E-state index contributed by atoms with van der Waals surface area (Å²) in [5.41, 5.74) is 5.17. The van der Waals surface area contributed by atoms with Crippen LogP contribution in [0.2, 0.25) is 10.3 Å². The summed E-state index contributed by atoms with van der Waals surface area (Å²) < 4.78 is 39.5. The zero-order valence-corrected chi connectivity index (χ0v) is 12.0. The molecule has 0 spiro atoms.